The Bertz CT molecular complexity index is 333. The van der Waals surface area contributed by atoms with E-state index in [0.29, 0.717) is 12.5 Å². The van der Waals surface area contributed by atoms with Crippen LogP contribution in [0.15, 0.2) is 22.7 Å². The highest BCUT2D eigenvalue weighted by molar-refractivity contribution is 9.10. The molecule has 88 valence electrons. The molecule has 2 rings (SSSR count). The van der Waals surface area contributed by atoms with Gasteiger partial charge in [0, 0.05) is 11.0 Å². The Hall–Kier alpha value is -0.450. The van der Waals surface area contributed by atoms with Crippen LogP contribution < -0.4 is 5.32 Å². The van der Waals surface area contributed by atoms with Gasteiger partial charge in [-0.15, -0.1) is 0 Å². The van der Waals surface area contributed by atoms with Crippen molar-refractivity contribution >= 4 is 15.9 Å². The molecule has 1 N–H and O–H groups in total. The van der Waals surface area contributed by atoms with Crippen LogP contribution in [0, 0.1) is 11.7 Å². The summed E-state index contributed by atoms with van der Waals surface area (Å²) < 4.78 is 19.4. The Morgan fingerprint density at radius 1 is 1.44 bits per heavy atom. The van der Waals surface area contributed by atoms with Crippen molar-refractivity contribution in [1.82, 2.24) is 5.32 Å². The Kier molecular flexibility index (Phi) is 4.32. The van der Waals surface area contributed by atoms with Crippen LogP contribution >= 0.6 is 15.9 Å². The molecule has 2 nitrogen and oxygen atoms in total. The standard InChI is InChI=1S/C12H15BrFNO/c13-11-3-10(4-12(14)5-11)8-16-7-9-1-2-15-6-9/h3-5,9,15H,1-2,6-8H2. The number of rotatable bonds is 4. The van der Waals surface area contributed by atoms with Gasteiger partial charge in [-0.1, -0.05) is 15.9 Å². The van der Waals surface area contributed by atoms with E-state index in [1.165, 1.54) is 18.6 Å². The first kappa shape index (κ1) is 12.0. The molecule has 1 atom stereocenters. The van der Waals surface area contributed by atoms with E-state index in [1.54, 1.807) is 0 Å². The maximum absolute atomic E-state index is 13.1. The molecule has 1 aliphatic heterocycles. The molecule has 0 amide bonds. The van der Waals surface area contributed by atoms with Gasteiger partial charge in [0.2, 0.25) is 0 Å². The quantitative estimate of drug-likeness (QED) is 0.919. The smallest absolute Gasteiger partial charge is 0.124 e. The van der Waals surface area contributed by atoms with E-state index in [0.717, 1.165) is 29.7 Å². The number of nitrogens with one attached hydrogen (secondary N) is 1. The van der Waals surface area contributed by atoms with E-state index in [4.69, 9.17) is 4.74 Å². The molecular weight excluding hydrogens is 273 g/mol. The normalized spacial score (nSPS) is 20.2. The fourth-order valence-corrected chi connectivity index (χ4v) is 2.41. The minimum atomic E-state index is -0.226. The summed E-state index contributed by atoms with van der Waals surface area (Å²) in [4.78, 5) is 0. The van der Waals surface area contributed by atoms with Crippen LogP contribution in [-0.4, -0.2) is 19.7 Å². The average molecular weight is 288 g/mol. The van der Waals surface area contributed by atoms with Gasteiger partial charge in [0.15, 0.2) is 0 Å². The fraction of sp³-hybridized carbons (Fsp3) is 0.500. The first-order valence-electron chi connectivity index (χ1n) is 5.47. The van der Waals surface area contributed by atoms with Crippen molar-refractivity contribution in [2.45, 2.75) is 13.0 Å². The SMILES string of the molecule is Fc1cc(Br)cc(COCC2CCNC2)c1. The second-order valence-electron chi connectivity index (χ2n) is 4.15. The average Bonchev–Trinajstić information content (AvgIpc) is 2.69. The molecular formula is C12H15BrFNO. The van der Waals surface area contributed by atoms with Crippen LogP contribution in [-0.2, 0) is 11.3 Å². The predicted octanol–water partition coefficient (Wildman–Crippen LogP) is 2.71. The summed E-state index contributed by atoms with van der Waals surface area (Å²) in [5.74, 6) is 0.382. The number of ether oxygens (including phenoxy) is 1. The van der Waals surface area contributed by atoms with E-state index in [9.17, 15) is 4.39 Å². The number of benzene rings is 1. The fourth-order valence-electron chi connectivity index (χ4n) is 1.89. The first-order chi connectivity index (χ1) is 7.74. The molecule has 0 bridgehead atoms. The van der Waals surface area contributed by atoms with E-state index < -0.39 is 0 Å². The van der Waals surface area contributed by atoms with Crippen molar-refractivity contribution in [2.75, 3.05) is 19.7 Å². The van der Waals surface area contributed by atoms with Crippen LogP contribution in [0.1, 0.15) is 12.0 Å². The monoisotopic (exact) mass is 287 g/mol. The zero-order valence-electron chi connectivity index (χ0n) is 9.01. The topological polar surface area (TPSA) is 21.3 Å². The number of hydrogen-bond donors (Lipinski definition) is 1. The highest BCUT2D eigenvalue weighted by atomic mass is 79.9. The van der Waals surface area contributed by atoms with E-state index in [1.807, 2.05) is 6.07 Å². The van der Waals surface area contributed by atoms with Crippen LogP contribution in [0.3, 0.4) is 0 Å². The Labute approximate surface area is 103 Å². The van der Waals surface area contributed by atoms with Crippen LogP contribution in [0.4, 0.5) is 4.39 Å². The van der Waals surface area contributed by atoms with Gasteiger partial charge in [0.05, 0.1) is 13.2 Å². The largest absolute Gasteiger partial charge is 0.376 e. The van der Waals surface area contributed by atoms with Gasteiger partial charge < -0.3 is 10.1 Å². The van der Waals surface area contributed by atoms with E-state index in [2.05, 4.69) is 21.2 Å². The minimum Gasteiger partial charge on any atom is -0.376 e. The molecule has 1 fully saturated rings. The lowest BCUT2D eigenvalue weighted by Crippen LogP contribution is -2.13. The molecule has 1 aliphatic rings. The Balaban J connectivity index is 1.80. The van der Waals surface area contributed by atoms with E-state index >= 15 is 0 Å². The van der Waals surface area contributed by atoms with Crippen LogP contribution in [0.25, 0.3) is 0 Å². The molecule has 1 heterocycles. The first-order valence-corrected chi connectivity index (χ1v) is 6.27. The second kappa shape index (κ2) is 5.75. The van der Waals surface area contributed by atoms with Crippen molar-refractivity contribution in [3.8, 4) is 0 Å². The van der Waals surface area contributed by atoms with E-state index in [-0.39, 0.29) is 5.82 Å². The third kappa shape index (κ3) is 3.54. The lowest BCUT2D eigenvalue weighted by molar-refractivity contribution is 0.0923. The maximum Gasteiger partial charge on any atom is 0.124 e. The van der Waals surface area contributed by atoms with Gasteiger partial charge in [-0.3, -0.25) is 0 Å². The van der Waals surface area contributed by atoms with Crippen LogP contribution in [0.2, 0.25) is 0 Å². The molecule has 1 aromatic rings. The third-order valence-corrected chi connectivity index (χ3v) is 3.16. The molecule has 0 radical (unpaired) electrons. The van der Waals surface area contributed by atoms with Crippen molar-refractivity contribution in [3.05, 3.63) is 34.1 Å². The molecule has 0 saturated carbocycles. The van der Waals surface area contributed by atoms with Gasteiger partial charge in [0.1, 0.15) is 5.82 Å². The summed E-state index contributed by atoms with van der Waals surface area (Å²) in [6.45, 7) is 3.35. The molecule has 1 saturated heterocycles. The Morgan fingerprint density at radius 2 is 2.31 bits per heavy atom. The zero-order valence-corrected chi connectivity index (χ0v) is 10.6. The highest BCUT2D eigenvalue weighted by Gasteiger charge is 2.14. The van der Waals surface area contributed by atoms with Gasteiger partial charge in [-0.2, -0.15) is 0 Å². The number of halogens is 2. The summed E-state index contributed by atoms with van der Waals surface area (Å²) >= 11 is 3.27. The van der Waals surface area contributed by atoms with Crippen molar-refractivity contribution < 1.29 is 9.13 Å². The lowest BCUT2D eigenvalue weighted by Gasteiger charge is -2.09. The molecule has 1 aromatic carbocycles. The second-order valence-corrected chi connectivity index (χ2v) is 5.07. The summed E-state index contributed by atoms with van der Waals surface area (Å²) in [6, 6.07) is 4.85. The molecule has 0 aliphatic carbocycles. The Morgan fingerprint density at radius 3 is 3.00 bits per heavy atom. The third-order valence-electron chi connectivity index (χ3n) is 2.71. The van der Waals surface area contributed by atoms with Crippen molar-refractivity contribution in [3.63, 3.8) is 0 Å². The van der Waals surface area contributed by atoms with Crippen molar-refractivity contribution in [2.24, 2.45) is 5.92 Å². The molecule has 0 spiro atoms. The summed E-state index contributed by atoms with van der Waals surface area (Å²) in [5.41, 5.74) is 0.873. The number of hydrogen-bond acceptors (Lipinski definition) is 2. The molecule has 4 heteroatoms. The van der Waals surface area contributed by atoms with Gasteiger partial charge in [0.25, 0.3) is 0 Å². The maximum atomic E-state index is 13.1. The zero-order chi connectivity index (χ0) is 11.4. The summed E-state index contributed by atoms with van der Waals surface area (Å²) in [7, 11) is 0. The van der Waals surface area contributed by atoms with Crippen molar-refractivity contribution in [1.29, 1.82) is 0 Å². The molecule has 16 heavy (non-hydrogen) atoms. The minimum absolute atomic E-state index is 0.226. The summed E-state index contributed by atoms with van der Waals surface area (Å²) in [5, 5.41) is 3.29. The van der Waals surface area contributed by atoms with Crippen LogP contribution in [0.5, 0.6) is 0 Å². The predicted molar refractivity (Wildman–Crippen MR) is 64.7 cm³/mol. The lowest BCUT2D eigenvalue weighted by atomic mass is 10.1. The van der Waals surface area contributed by atoms with Gasteiger partial charge in [-0.25, -0.2) is 4.39 Å². The highest BCUT2D eigenvalue weighted by Crippen LogP contribution is 2.16. The van der Waals surface area contributed by atoms with Gasteiger partial charge >= 0.3 is 0 Å². The molecule has 1 unspecified atom stereocenters. The summed E-state index contributed by atoms with van der Waals surface area (Å²) in [6.07, 6.45) is 1.17. The van der Waals surface area contributed by atoms with Gasteiger partial charge in [-0.05, 0) is 42.6 Å². The molecule has 0 aromatic heterocycles.